The van der Waals surface area contributed by atoms with E-state index in [1.54, 1.807) is 0 Å². The molecule has 0 spiro atoms. The van der Waals surface area contributed by atoms with Gasteiger partial charge in [-0.05, 0) is 32.4 Å². The second kappa shape index (κ2) is 5.50. The Morgan fingerprint density at radius 3 is 2.53 bits per heavy atom. The summed E-state index contributed by atoms with van der Waals surface area (Å²) in [4.78, 5) is 0. The van der Waals surface area contributed by atoms with Gasteiger partial charge in [0.1, 0.15) is 0 Å². The molecule has 0 radical (unpaired) electrons. The Morgan fingerprint density at radius 1 is 1.35 bits per heavy atom. The molecule has 0 aromatic carbocycles. The molecule has 0 aliphatic rings. The largest absolute Gasteiger partial charge is 0.522 e. The normalized spacial score (nSPS) is 12.1. The Labute approximate surface area is 97.5 Å². The van der Waals surface area contributed by atoms with Gasteiger partial charge in [-0.3, -0.25) is 9.42 Å². The number of ether oxygens (including phenoxy) is 1. The first kappa shape index (κ1) is 14.0. The van der Waals surface area contributed by atoms with Crippen molar-refractivity contribution >= 4 is 0 Å². The fraction of sp³-hybridized carbons (Fsp3) is 0.700. The van der Waals surface area contributed by atoms with E-state index < -0.39 is 13.0 Å². The van der Waals surface area contributed by atoms with Crippen LogP contribution >= 0.6 is 0 Å². The summed E-state index contributed by atoms with van der Waals surface area (Å²) in [5.74, 6) is 0. The predicted molar refractivity (Wildman–Crippen MR) is 56.5 cm³/mol. The molecule has 0 aliphatic heterocycles. The molecule has 1 aromatic heterocycles. The van der Waals surface area contributed by atoms with E-state index in [4.69, 9.17) is 5.73 Å². The Balaban J connectivity index is 2.63. The van der Waals surface area contributed by atoms with Crippen molar-refractivity contribution in [1.29, 1.82) is 0 Å². The van der Waals surface area contributed by atoms with Gasteiger partial charge in [-0.1, -0.05) is 0 Å². The maximum absolute atomic E-state index is 11.8. The molecule has 0 saturated heterocycles. The molecular weight excluding hydrogens is 235 g/mol. The fourth-order valence-corrected chi connectivity index (χ4v) is 1.71. The second-order valence-corrected chi connectivity index (χ2v) is 3.71. The first-order valence-electron chi connectivity index (χ1n) is 5.28. The maximum Gasteiger partial charge on any atom is 0.522 e. The first-order chi connectivity index (χ1) is 7.85. The van der Waals surface area contributed by atoms with Gasteiger partial charge in [0.25, 0.3) is 0 Å². The van der Waals surface area contributed by atoms with Gasteiger partial charge in [0, 0.05) is 5.69 Å². The molecule has 0 saturated carbocycles. The van der Waals surface area contributed by atoms with Gasteiger partial charge in [0.2, 0.25) is 0 Å². The average Bonchev–Trinajstić information content (AvgIpc) is 2.45. The van der Waals surface area contributed by atoms with E-state index in [-0.39, 0.29) is 6.54 Å². The van der Waals surface area contributed by atoms with Crippen LogP contribution in [0.4, 0.5) is 13.2 Å². The van der Waals surface area contributed by atoms with Gasteiger partial charge in [-0.25, -0.2) is 0 Å². The summed E-state index contributed by atoms with van der Waals surface area (Å²) in [5, 5.41) is 4.16. The number of nitrogens with two attached hydrogens (primary N) is 1. The molecule has 0 unspecified atom stereocenters. The summed E-state index contributed by atoms with van der Waals surface area (Å²) in [6.07, 6.45) is -3.91. The quantitative estimate of drug-likeness (QED) is 0.863. The molecule has 4 nitrogen and oxygen atoms in total. The van der Waals surface area contributed by atoms with Crippen LogP contribution in [0.25, 0.3) is 0 Å². The highest BCUT2D eigenvalue weighted by molar-refractivity contribution is 5.24. The highest BCUT2D eigenvalue weighted by atomic mass is 19.4. The number of hydrogen-bond donors (Lipinski definition) is 1. The van der Waals surface area contributed by atoms with Crippen LogP contribution in [0, 0.1) is 13.8 Å². The van der Waals surface area contributed by atoms with Gasteiger partial charge in [0.15, 0.2) is 0 Å². The zero-order chi connectivity index (χ0) is 13.1. The third-order valence-corrected chi connectivity index (χ3v) is 2.49. The summed E-state index contributed by atoms with van der Waals surface area (Å²) in [6, 6.07) is 0. The van der Waals surface area contributed by atoms with Crippen LogP contribution < -0.4 is 5.73 Å². The third kappa shape index (κ3) is 4.01. The van der Waals surface area contributed by atoms with Crippen LogP contribution in [0.3, 0.4) is 0 Å². The molecule has 2 N–H and O–H groups in total. The van der Waals surface area contributed by atoms with E-state index in [9.17, 15) is 13.2 Å². The van der Waals surface area contributed by atoms with Gasteiger partial charge in [0.05, 0.1) is 18.8 Å². The molecule has 1 heterocycles. The molecule has 98 valence electrons. The standard InChI is InChI=1S/C10H16F3N3O/c1-7-9(3-4-14)8(2)16(15-7)5-6-17-10(11,12)13/h3-6,14H2,1-2H3. The molecular formula is C10H16F3N3O. The molecule has 0 fully saturated rings. The number of halogens is 3. The van der Waals surface area contributed by atoms with Gasteiger partial charge in [-0.15, -0.1) is 13.2 Å². The Hall–Kier alpha value is -1.08. The van der Waals surface area contributed by atoms with E-state index in [0.717, 1.165) is 17.0 Å². The van der Waals surface area contributed by atoms with Gasteiger partial charge >= 0.3 is 6.36 Å². The minimum atomic E-state index is -4.59. The lowest BCUT2D eigenvalue weighted by atomic mass is 10.1. The van der Waals surface area contributed by atoms with Crippen molar-refractivity contribution < 1.29 is 17.9 Å². The number of nitrogens with zero attached hydrogens (tertiary/aromatic N) is 2. The van der Waals surface area contributed by atoms with E-state index in [0.29, 0.717) is 13.0 Å². The molecule has 1 rings (SSSR count). The second-order valence-electron chi connectivity index (χ2n) is 3.71. The fourth-order valence-electron chi connectivity index (χ4n) is 1.71. The zero-order valence-electron chi connectivity index (χ0n) is 9.84. The van der Waals surface area contributed by atoms with Crippen LogP contribution in [0.15, 0.2) is 0 Å². The smallest absolute Gasteiger partial charge is 0.330 e. The molecule has 1 aromatic rings. The van der Waals surface area contributed by atoms with Crippen molar-refractivity contribution in [3.05, 3.63) is 17.0 Å². The van der Waals surface area contributed by atoms with Crippen molar-refractivity contribution in [3.8, 4) is 0 Å². The number of hydrogen-bond acceptors (Lipinski definition) is 3. The van der Waals surface area contributed by atoms with E-state index >= 15 is 0 Å². The lowest BCUT2D eigenvalue weighted by molar-refractivity contribution is -0.325. The first-order valence-corrected chi connectivity index (χ1v) is 5.28. The lowest BCUT2D eigenvalue weighted by Crippen LogP contribution is -2.18. The maximum atomic E-state index is 11.8. The summed E-state index contributed by atoms with van der Waals surface area (Å²) in [7, 11) is 0. The van der Waals surface area contributed by atoms with Crippen molar-refractivity contribution in [2.24, 2.45) is 5.73 Å². The zero-order valence-corrected chi connectivity index (χ0v) is 9.84. The van der Waals surface area contributed by atoms with Gasteiger partial charge < -0.3 is 5.73 Å². The Kier molecular flexibility index (Phi) is 4.53. The van der Waals surface area contributed by atoms with E-state index in [2.05, 4.69) is 9.84 Å². The SMILES string of the molecule is Cc1nn(CCOC(F)(F)F)c(C)c1CCN. The summed E-state index contributed by atoms with van der Waals surface area (Å²) < 4.78 is 40.6. The molecule has 17 heavy (non-hydrogen) atoms. The number of aryl methyl sites for hydroxylation is 1. The van der Waals surface area contributed by atoms with Crippen molar-refractivity contribution in [3.63, 3.8) is 0 Å². The molecule has 0 amide bonds. The third-order valence-electron chi connectivity index (χ3n) is 2.49. The van der Waals surface area contributed by atoms with Crippen LogP contribution in [0.2, 0.25) is 0 Å². The molecule has 0 bridgehead atoms. The number of rotatable bonds is 5. The minimum Gasteiger partial charge on any atom is -0.330 e. The Morgan fingerprint density at radius 2 is 2.00 bits per heavy atom. The molecule has 7 heteroatoms. The molecule has 0 atom stereocenters. The van der Waals surface area contributed by atoms with Crippen molar-refractivity contribution in [2.45, 2.75) is 33.2 Å². The van der Waals surface area contributed by atoms with E-state index in [1.165, 1.54) is 4.68 Å². The number of aromatic nitrogens is 2. The highest BCUT2D eigenvalue weighted by Gasteiger charge is 2.28. The predicted octanol–water partition coefficient (Wildman–Crippen LogP) is 1.54. The summed E-state index contributed by atoms with van der Waals surface area (Å²) in [5.41, 5.74) is 8.11. The average molecular weight is 251 g/mol. The van der Waals surface area contributed by atoms with Gasteiger partial charge in [-0.2, -0.15) is 5.10 Å². The van der Waals surface area contributed by atoms with Crippen molar-refractivity contribution in [1.82, 2.24) is 9.78 Å². The van der Waals surface area contributed by atoms with Crippen LogP contribution in [0.1, 0.15) is 17.0 Å². The minimum absolute atomic E-state index is 0.0801. The van der Waals surface area contributed by atoms with Crippen LogP contribution in [0.5, 0.6) is 0 Å². The summed E-state index contributed by atoms with van der Waals surface area (Å²) >= 11 is 0. The highest BCUT2D eigenvalue weighted by Crippen LogP contribution is 2.17. The lowest BCUT2D eigenvalue weighted by Gasteiger charge is -2.08. The monoisotopic (exact) mass is 251 g/mol. The van der Waals surface area contributed by atoms with Crippen LogP contribution in [-0.2, 0) is 17.7 Å². The van der Waals surface area contributed by atoms with E-state index in [1.807, 2.05) is 13.8 Å². The summed E-state index contributed by atoms with van der Waals surface area (Å²) in [6.45, 7) is 3.77. The Bertz CT molecular complexity index is 374. The van der Waals surface area contributed by atoms with Crippen LogP contribution in [-0.4, -0.2) is 29.3 Å². The topological polar surface area (TPSA) is 53.1 Å². The number of alkyl halides is 3. The molecule has 0 aliphatic carbocycles. The van der Waals surface area contributed by atoms with Crippen molar-refractivity contribution in [2.75, 3.05) is 13.2 Å².